The highest BCUT2D eigenvalue weighted by Crippen LogP contribution is 2.33. The first-order valence-corrected chi connectivity index (χ1v) is 6.36. The van der Waals surface area contributed by atoms with Crippen LogP contribution in [0.4, 0.5) is 0 Å². The minimum atomic E-state index is 0.267. The molecule has 0 N–H and O–H groups in total. The van der Waals surface area contributed by atoms with Crippen molar-refractivity contribution >= 4 is 17.6 Å². The number of nitrogens with zero attached hydrogens (tertiary/aromatic N) is 1. The van der Waals surface area contributed by atoms with Crippen molar-refractivity contribution in [3.63, 3.8) is 0 Å². The molecular formula is C13H11NO2S. The van der Waals surface area contributed by atoms with Gasteiger partial charge >= 0.3 is 0 Å². The maximum atomic E-state index is 10.6. The maximum Gasteiger partial charge on any atom is 0.169 e. The van der Waals surface area contributed by atoms with Gasteiger partial charge in [0.2, 0.25) is 0 Å². The fourth-order valence-electron chi connectivity index (χ4n) is 2.03. The van der Waals surface area contributed by atoms with E-state index in [1.165, 1.54) is 16.9 Å². The summed E-state index contributed by atoms with van der Waals surface area (Å²) in [6, 6.07) is 8.07. The predicted molar refractivity (Wildman–Crippen MR) is 65.9 cm³/mol. The standard InChI is InChI=1S/C13H11NO2S/c15-6-11-8-17-13(14-11)10-5-9-3-1-2-4-12(9)16-7-10/h1-4,6,8,10H,5,7H2. The summed E-state index contributed by atoms with van der Waals surface area (Å²) in [4.78, 5) is 14.9. The van der Waals surface area contributed by atoms with Gasteiger partial charge in [0.15, 0.2) is 6.29 Å². The van der Waals surface area contributed by atoms with E-state index < -0.39 is 0 Å². The van der Waals surface area contributed by atoms with Gasteiger partial charge in [-0.1, -0.05) is 18.2 Å². The molecule has 4 heteroatoms. The Morgan fingerprint density at radius 1 is 1.41 bits per heavy atom. The summed E-state index contributed by atoms with van der Waals surface area (Å²) in [5.74, 6) is 1.24. The van der Waals surface area contributed by atoms with Gasteiger partial charge in [-0.25, -0.2) is 4.98 Å². The molecule has 1 aliphatic heterocycles. The number of para-hydroxylation sites is 1. The van der Waals surface area contributed by atoms with Crippen LogP contribution in [-0.2, 0) is 6.42 Å². The van der Waals surface area contributed by atoms with Gasteiger partial charge in [-0.15, -0.1) is 11.3 Å². The van der Waals surface area contributed by atoms with Gasteiger partial charge < -0.3 is 4.74 Å². The van der Waals surface area contributed by atoms with Crippen LogP contribution in [0.2, 0.25) is 0 Å². The van der Waals surface area contributed by atoms with E-state index in [9.17, 15) is 4.79 Å². The zero-order valence-electron chi connectivity index (χ0n) is 9.13. The monoisotopic (exact) mass is 245 g/mol. The molecule has 1 atom stereocenters. The Balaban J connectivity index is 1.86. The van der Waals surface area contributed by atoms with Crippen LogP contribution in [0.5, 0.6) is 5.75 Å². The number of fused-ring (bicyclic) bond motifs is 1. The predicted octanol–water partition coefficient (Wildman–Crippen LogP) is 2.67. The van der Waals surface area contributed by atoms with Crippen LogP contribution in [-0.4, -0.2) is 17.9 Å². The Kier molecular flexibility index (Phi) is 2.65. The summed E-state index contributed by atoms with van der Waals surface area (Å²) in [5, 5.41) is 2.78. The van der Waals surface area contributed by atoms with Crippen molar-refractivity contribution < 1.29 is 9.53 Å². The van der Waals surface area contributed by atoms with E-state index in [-0.39, 0.29) is 5.92 Å². The minimum absolute atomic E-state index is 0.267. The number of aromatic nitrogens is 1. The molecule has 1 aliphatic rings. The maximum absolute atomic E-state index is 10.6. The Morgan fingerprint density at radius 3 is 3.12 bits per heavy atom. The molecule has 0 aliphatic carbocycles. The molecule has 0 saturated heterocycles. The minimum Gasteiger partial charge on any atom is -0.493 e. The molecule has 1 aromatic carbocycles. The molecule has 0 fully saturated rings. The van der Waals surface area contributed by atoms with Crippen LogP contribution < -0.4 is 4.74 Å². The fourth-order valence-corrected chi connectivity index (χ4v) is 2.88. The Bertz CT molecular complexity index is 550. The first-order valence-electron chi connectivity index (χ1n) is 5.48. The molecule has 17 heavy (non-hydrogen) atoms. The van der Waals surface area contributed by atoms with Crippen molar-refractivity contribution in [3.05, 3.63) is 45.9 Å². The van der Waals surface area contributed by atoms with Gasteiger partial charge in [0.05, 0.1) is 6.61 Å². The quantitative estimate of drug-likeness (QED) is 0.764. The number of hydrogen-bond acceptors (Lipinski definition) is 4. The molecule has 86 valence electrons. The van der Waals surface area contributed by atoms with Crippen molar-refractivity contribution in [3.8, 4) is 5.75 Å². The van der Waals surface area contributed by atoms with Gasteiger partial charge in [-0.05, 0) is 18.1 Å². The number of hydrogen-bond donors (Lipinski definition) is 0. The van der Waals surface area contributed by atoms with E-state index in [1.807, 2.05) is 18.2 Å². The molecule has 3 nitrogen and oxygen atoms in total. The van der Waals surface area contributed by atoms with Crippen LogP contribution in [0.3, 0.4) is 0 Å². The summed E-state index contributed by atoms with van der Waals surface area (Å²) in [5.41, 5.74) is 1.73. The highest BCUT2D eigenvalue weighted by atomic mass is 32.1. The second-order valence-corrected chi connectivity index (χ2v) is 4.94. The number of carbonyl (C=O) groups is 1. The van der Waals surface area contributed by atoms with Gasteiger partial charge in [-0.2, -0.15) is 0 Å². The Morgan fingerprint density at radius 2 is 2.29 bits per heavy atom. The van der Waals surface area contributed by atoms with Crippen LogP contribution >= 0.6 is 11.3 Å². The van der Waals surface area contributed by atoms with Crippen LogP contribution in [0.15, 0.2) is 29.6 Å². The lowest BCUT2D eigenvalue weighted by Crippen LogP contribution is -2.19. The largest absolute Gasteiger partial charge is 0.493 e. The molecule has 0 radical (unpaired) electrons. The van der Waals surface area contributed by atoms with Gasteiger partial charge in [0.1, 0.15) is 16.5 Å². The third-order valence-corrected chi connectivity index (χ3v) is 3.91. The van der Waals surface area contributed by atoms with Crippen LogP contribution in [0, 0.1) is 0 Å². The third kappa shape index (κ3) is 1.96. The summed E-state index contributed by atoms with van der Waals surface area (Å²) in [6.07, 6.45) is 1.72. The second kappa shape index (κ2) is 4.30. The molecular weight excluding hydrogens is 234 g/mol. The van der Waals surface area contributed by atoms with Crippen molar-refractivity contribution in [1.82, 2.24) is 4.98 Å². The van der Waals surface area contributed by atoms with Crippen LogP contribution in [0.1, 0.15) is 27.0 Å². The molecule has 0 bridgehead atoms. The fraction of sp³-hybridized carbons (Fsp3) is 0.231. The topological polar surface area (TPSA) is 39.2 Å². The van der Waals surface area contributed by atoms with Crippen molar-refractivity contribution in [2.24, 2.45) is 0 Å². The van der Waals surface area contributed by atoms with E-state index in [2.05, 4.69) is 11.1 Å². The summed E-state index contributed by atoms with van der Waals surface area (Å²) >= 11 is 1.53. The smallest absolute Gasteiger partial charge is 0.169 e. The van der Waals surface area contributed by atoms with Gasteiger partial charge in [0.25, 0.3) is 0 Å². The molecule has 1 aromatic heterocycles. The molecule has 1 unspecified atom stereocenters. The lowest BCUT2D eigenvalue weighted by molar-refractivity contribution is 0.111. The highest BCUT2D eigenvalue weighted by Gasteiger charge is 2.23. The number of carbonyl (C=O) groups excluding carboxylic acids is 1. The lowest BCUT2D eigenvalue weighted by Gasteiger charge is -2.23. The van der Waals surface area contributed by atoms with Crippen molar-refractivity contribution in [2.45, 2.75) is 12.3 Å². The molecule has 0 spiro atoms. The van der Waals surface area contributed by atoms with Gasteiger partial charge in [-0.3, -0.25) is 4.79 Å². The molecule has 2 aromatic rings. The van der Waals surface area contributed by atoms with E-state index >= 15 is 0 Å². The first-order chi connectivity index (χ1) is 8.36. The number of thiazole rings is 1. The molecule has 0 amide bonds. The lowest BCUT2D eigenvalue weighted by atomic mass is 9.97. The van der Waals surface area contributed by atoms with Crippen LogP contribution in [0.25, 0.3) is 0 Å². The summed E-state index contributed by atoms with van der Waals surface area (Å²) in [6.45, 7) is 0.642. The van der Waals surface area contributed by atoms with E-state index in [0.29, 0.717) is 12.3 Å². The van der Waals surface area contributed by atoms with E-state index in [4.69, 9.17) is 4.74 Å². The Hall–Kier alpha value is -1.68. The molecule has 3 rings (SSSR count). The normalized spacial score (nSPS) is 18.2. The SMILES string of the molecule is O=Cc1csc(C2COc3ccccc3C2)n1. The van der Waals surface area contributed by atoms with Gasteiger partial charge in [0, 0.05) is 11.3 Å². The first kappa shape index (κ1) is 10.5. The van der Waals surface area contributed by atoms with E-state index in [0.717, 1.165) is 23.5 Å². The number of aldehydes is 1. The van der Waals surface area contributed by atoms with Crippen molar-refractivity contribution in [2.75, 3.05) is 6.61 Å². The average molecular weight is 245 g/mol. The highest BCUT2D eigenvalue weighted by molar-refractivity contribution is 7.09. The molecule has 0 saturated carbocycles. The number of ether oxygens (including phenoxy) is 1. The third-order valence-electron chi connectivity index (χ3n) is 2.89. The van der Waals surface area contributed by atoms with Crippen molar-refractivity contribution in [1.29, 1.82) is 0 Å². The summed E-state index contributed by atoms with van der Waals surface area (Å²) in [7, 11) is 0. The Labute approximate surface area is 103 Å². The van der Waals surface area contributed by atoms with E-state index in [1.54, 1.807) is 5.38 Å². The average Bonchev–Trinajstić information content (AvgIpc) is 2.87. The zero-order chi connectivity index (χ0) is 11.7. The number of rotatable bonds is 2. The summed E-state index contributed by atoms with van der Waals surface area (Å²) < 4.78 is 5.71. The zero-order valence-corrected chi connectivity index (χ0v) is 9.94. The molecule has 2 heterocycles. The number of benzene rings is 1. The second-order valence-electron chi connectivity index (χ2n) is 4.05.